The smallest absolute Gasteiger partial charge is 0.348 e. The molecule has 5 nitrogen and oxygen atoms in total. The zero-order valence-corrected chi connectivity index (χ0v) is 12.9. The highest BCUT2D eigenvalue weighted by molar-refractivity contribution is 7.99. The van der Waals surface area contributed by atoms with Crippen LogP contribution in [0, 0.1) is 13.8 Å². The number of thioether (sulfide) groups is 1. The van der Waals surface area contributed by atoms with Crippen LogP contribution in [0.2, 0.25) is 0 Å². The molecule has 20 heavy (non-hydrogen) atoms. The number of hydrogen-bond donors (Lipinski definition) is 1. The van der Waals surface area contributed by atoms with E-state index in [1.54, 1.807) is 23.3 Å². The summed E-state index contributed by atoms with van der Waals surface area (Å²) in [6.45, 7) is 3.54. The van der Waals surface area contributed by atoms with Crippen LogP contribution < -0.4 is 5.69 Å². The Bertz CT molecular complexity index is 583. The molecule has 1 saturated carbocycles. The van der Waals surface area contributed by atoms with E-state index in [0.29, 0.717) is 16.5 Å². The van der Waals surface area contributed by atoms with E-state index in [9.17, 15) is 9.59 Å². The molecule has 1 N–H and O–H groups in total. The molecule has 1 aromatic heterocycles. The first kappa shape index (κ1) is 15.1. The lowest BCUT2D eigenvalue weighted by molar-refractivity contribution is -0.136. The maximum atomic E-state index is 12.2. The molecular formula is C14H20N2O3S. The third-order valence-electron chi connectivity index (χ3n) is 4.08. The molecular weight excluding hydrogens is 276 g/mol. The van der Waals surface area contributed by atoms with Gasteiger partial charge in [-0.05, 0) is 32.9 Å². The van der Waals surface area contributed by atoms with Crippen molar-refractivity contribution in [3.63, 3.8) is 0 Å². The van der Waals surface area contributed by atoms with E-state index in [4.69, 9.17) is 5.11 Å². The standard InChI is InChI=1S/C14H20N2O3S/c1-8-10(7-13(17)18)9(2)16(14(19)15-8)11-5-4-6-12(11)20-3/h11-12H,4-7H2,1-3H3,(H,17,18). The van der Waals surface area contributed by atoms with Gasteiger partial charge >= 0.3 is 11.7 Å². The molecule has 1 aliphatic rings. The molecule has 1 heterocycles. The quantitative estimate of drug-likeness (QED) is 0.919. The van der Waals surface area contributed by atoms with Crippen LogP contribution in [-0.2, 0) is 11.2 Å². The van der Waals surface area contributed by atoms with E-state index in [1.165, 1.54) is 0 Å². The Morgan fingerprint density at radius 1 is 1.45 bits per heavy atom. The molecule has 6 heteroatoms. The molecule has 1 fully saturated rings. The summed E-state index contributed by atoms with van der Waals surface area (Å²) >= 11 is 1.77. The highest BCUT2D eigenvalue weighted by Crippen LogP contribution is 2.37. The van der Waals surface area contributed by atoms with E-state index < -0.39 is 5.97 Å². The van der Waals surface area contributed by atoms with Crippen molar-refractivity contribution in [2.45, 2.75) is 50.8 Å². The summed E-state index contributed by atoms with van der Waals surface area (Å²) in [5, 5.41) is 9.43. The van der Waals surface area contributed by atoms with Gasteiger partial charge in [0.2, 0.25) is 0 Å². The molecule has 0 aliphatic heterocycles. The van der Waals surface area contributed by atoms with Crippen molar-refractivity contribution < 1.29 is 9.90 Å². The predicted molar refractivity (Wildman–Crippen MR) is 79.5 cm³/mol. The second-order valence-electron chi connectivity index (χ2n) is 5.26. The first-order valence-corrected chi connectivity index (χ1v) is 8.07. The summed E-state index contributed by atoms with van der Waals surface area (Å²) in [4.78, 5) is 27.3. The van der Waals surface area contributed by atoms with Crippen LogP contribution in [0.4, 0.5) is 0 Å². The van der Waals surface area contributed by atoms with E-state index in [2.05, 4.69) is 11.2 Å². The van der Waals surface area contributed by atoms with Gasteiger partial charge in [0.25, 0.3) is 0 Å². The van der Waals surface area contributed by atoms with Gasteiger partial charge in [-0.3, -0.25) is 9.36 Å². The topological polar surface area (TPSA) is 72.2 Å². The molecule has 110 valence electrons. The maximum Gasteiger partial charge on any atom is 0.348 e. The second kappa shape index (κ2) is 5.99. The molecule has 2 atom stereocenters. The number of rotatable bonds is 4. The Kier molecular flexibility index (Phi) is 4.52. The van der Waals surface area contributed by atoms with Crippen molar-refractivity contribution >= 4 is 17.7 Å². The summed E-state index contributed by atoms with van der Waals surface area (Å²) in [6.07, 6.45) is 5.14. The average Bonchev–Trinajstić information content (AvgIpc) is 2.82. The number of nitrogens with zero attached hydrogens (tertiary/aromatic N) is 2. The summed E-state index contributed by atoms with van der Waals surface area (Å²) in [6, 6.07) is 0.137. The van der Waals surface area contributed by atoms with Gasteiger partial charge in [0.15, 0.2) is 0 Å². The number of hydrogen-bond acceptors (Lipinski definition) is 4. The van der Waals surface area contributed by atoms with Crippen LogP contribution in [0.25, 0.3) is 0 Å². The fourth-order valence-corrected chi connectivity index (χ4v) is 4.06. The lowest BCUT2D eigenvalue weighted by atomic mass is 10.1. The Morgan fingerprint density at radius 3 is 2.75 bits per heavy atom. The molecule has 0 amide bonds. The van der Waals surface area contributed by atoms with E-state index >= 15 is 0 Å². The number of aromatic nitrogens is 2. The molecule has 0 bridgehead atoms. The molecule has 0 radical (unpaired) electrons. The summed E-state index contributed by atoms with van der Waals surface area (Å²) in [5.41, 5.74) is 1.71. The highest BCUT2D eigenvalue weighted by Gasteiger charge is 2.30. The average molecular weight is 296 g/mol. The Labute approximate surface area is 122 Å². The Balaban J connectivity index is 2.52. The maximum absolute atomic E-state index is 12.2. The first-order chi connectivity index (χ1) is 9.45. The van der Waals surface area contributed by atoms with Gasteiger partial charge in [-0.25, -0.2) is 4.79 Å². The Hall–Kier alpha value is -1.30. The van der Waals surface area contributed by atoms with Crippen LogP contribution in [0.3, 0.4) is 0 Å². The monoisotopic (exact) mass is 296 g/mol. The summed E-state index contributed by atoms with van der Waals surface area (Å²) in [5.74, 6) is -0.893. The molecule has 2 rings (SSSR count). The molecule has 0 spiro atoms. The number of aliphatic carboxylic acids is 1. The zero-order chi connectivity index (χ0) is 14.9. The fourth-order valence-electron chi connectivity index (χ4n) is 3.09. The van der Waals surface area contributed by atoms with Gasteiger partial charge < -0.3 is 5.11 Å². The number of carboxylic acid groups (broad SMARTS) is 1. The second-order valence-corrected chi connectivity index (χ2v) is 6.33. The van der Waals surface area contributed by atoms with E-state index in [-0.39, 0.29) is 18.2 Å². The molecule has 0 aromatic carbocycles. The lowest BCUT2D eigenvalue weighted by Gasteiger charge is -2.24. The third-order valence-corrected chi connectivity index (χ3v) is 5.24. The van der Waals surface area contributed by atoms with Crippen molar-refractivity contribution in [1.82, 2.24) is 9.55 Å². The van der Waals surface area contributed by atoms with Crippen molar-refractivity contribution in [3.8, 4) is 0 Å². The first-order valence-electron chi connectivity index (χ1n) is 6.79. The van der Waals surface area contributed by atoms with E-state index in [0.717, 1.165) is 25.0 Å². The van der Waals surface area contributed by atoms with Gasteiger partial charge in [0, 0.05) is 22.2 Å². The minimum absolute atomic E-state index is 0.0817. The van der Waals surface area contributed by atoms with Gasteiger partial charge in [-0.15, -0.1) is 0 Å². The van der Waals surface area contributed by atoms with Gasteiger partial charge in [-0.1, -0.05) is 6.42 Å². The predicted octanol–water partition coefficient (Wildman–Crippen LogP) is 1.94. The van der Waals surface area contributed by atoms with Gasteiger partial charge in [0.05, 0.1) is 12.5 Å². The lowest BCUT2D eigenvalue weighted by Crippen LogP contribution is -2.34. The van der Waals surface area contributed by atoms with Crippen LogP contribution in [0.15, 0.2) is 4.79 Å². The molecule has 2 unspecified atom stereocenters. The Morgan fingerprint density at radius 2 is 2.15 bits per heavy atom. The molecule has 1 aromatic rings. The third kappa shape index (κ3) is 2.75. The van der Waals surface area contributed by atoms with Gasteiger partial charge in [0.1, 0.15) is 0 Å². The minimum Gasteiger partial charge on any atom is -0.481 e. The van der Waals surface area contributed by atoms with Crippen LogP contribution in [0.1, 0.15) is 42.3 Å². The van der Waals surface area contributed by atoms with Crippen molar-refractivity contribution in [2.75, 3.05) is 6.26 Å². The van der Waals surface area contributed by atoms with Crippen molar-refractivity contribution in [3.05, 3.63) is 27.4 Å². The molecule has 0 saturated heterocycles. The van der Waals surface area contributed by atoms with Crippen LogP contribution >= 0.6 is 11.8 Å². The van der Waals surface area contributed by atoms with Crippen LogP contribution in [-0.4, -0.2) is 32.1 Å². The fraction of sp³-hybridized carbons (Fsp3) is 0.643. The van der Waals surface area contributed by atoms with E-state index in [1.807, 2.05) is 6.92 Å². The molecule has 1 aliphatic carbocycles. The van der Waals surface area contributed by atoms with Crippen molar-refractivity contribution in [1.29, 1.82) is 0 Å². The number of carbonyl (C=O) groups is 1. The normalized spacial score (nSPS) is 22.1. The van der Waals surface area contributed by atoms with Crippen molar-refractivity contribution in [2.24, 2.45) is 0 Å². The summed E-state index contributed by atoms with van der Waals surface area (Å²) in [7, 11) is 0. The number of aryl methyl sites for hydroxylation is 1. The zero-order valence-electron chi connectivity index (χ0n) is 12.0. The van der Waals surface area contributed by atoms with Gasteiger partial charge in [-0.2, -0.15) is 16.7 Å². The highest BCUT2D eigenvalue weighted by atomic mass is 32.2. The SMILES string of the molecule is CSC1CCCC1n1c(C)c(CC(=O)O)c(C)nc1=O. The van der Waals surface area contributed by atoms with Crippen LogP contribution in [0.5, 0.6) is 0 Å². The minimum atomic E-state index is -0.893. The summed E-state index contributed by atoms with van der Waals surface area (Å²) < 4.78 is 1.72. The number of carboxylic acids is 1. The largest absolute Gasteiger partial charge is 0.481 e.